The molecule has 80 valence electrons. The smallest absolute Gasteiger partial charge is 0.337 e. The van der Waals surface area contributed by atoms with Crippen LogP contribution < -0.4 is 0 Å². The molecule has 0 unspecified atom stereocenters. The molecule has 2 aromatic rings. The summed E-state index contributed by atoms with van der Waals surface area (Å²) in [7, 11) is 0. The van der Waals surface area contributed by atoms with Gasteiger partial charge in [-0.05, 0) is 12.1 Å². The number of nitrogens with zero attached hydrogens (tertiary/aromatic N) is 1. The van der Waals surface area contributed by atoms with Crippen LogP contribution >= 0.6 is 24.8 Å². The van der Waals surface area contributed by atoms with Crippen LogP contribution in [0.3, 0.4) is 0 Å². The first-order chi connectivity index (χ1) is 6.27. The number of hydrogen-bond donors (Lipinski definition) is 1. The Balaban J connectivity index is 0.000000980. The van der Waals surface area contributed by atoms with Gasteiger partial charge in [0.2, 0.25) is 0 Å². The minimum Gasteiger partial charge on any atom is -0.478 e. The van der Waals surface area contributed by atoms with Crippen molar-refractivity contribution in [3.05, 3.63) is 42.1 Å². The fourth-order valence-electron chi connectivity index (χ4n) is 1.19. The first-order valence-electron chi connectivity index (χ1n) is 3.85. The SMILES string of the molecule is Cl.Cl.O=C(O)c1cnc2ccccc2c1. The lowest BCUT2D eigenvalue weighted by Gasteiger charge is -1.97. The Morgan fingerprint density at radius 3 is 2.53 bits per heavy atom. The number of pyridine rings is 1. The summed E-state index contributed by atoms with van der Waals surface area (Å²) in [6.45, 7) is 0. The van der Waals surface area contributed by atoms with Crippen molar-refractivity contribution in [2.24, 2.45) is 0 Å². The van der Waals surface area contributed by atoms with Gasteiger partial charge in [0.15, 0.2) is 0 Å². The van der Waals surface area contributed by atoms with Gasteiger partial charge in [0, 0.05) is 11.6 Å². The van der Waals surface area contributed by atoms with Crippen LogP contribution in [0.4, 0.5) is 0 Å². The number of aromatic nitrogens is 1. The highest BCUT2D eigenvalue weighted by molar-refractivity contribution is 5.92. The van der Waals surface area contributed by atoms with E-state index in [-0.39, 0.29) is 30.4 Å². The van der Waals surface area contributed by atoms with Crippen LogP contribution in [-0.4, -0.2) is 16.1 Å². The third-order valence-corrected chi connectivity index (χ3v) is 1.84. The van der Waals surface area contributed by atoms with E-state index in [1.807, 2.05) is 24.3 Å². The first kappa shape index (κ1) is 13.7. The van der Waals surface area contributed by atoms with Crippen LogP contribution in [0.25, 0.3) is 10.9 Å². The fourth-order valence-corrected chi connectivity index (χ4v) is 1.19. The van der Waals surface area contributed by atoms with Crippen molar-refractivity contribution in [1.82, 2.24) is 4.98 Å². The molecule has 3 nitrogen and oxygen atoms in total. The van der Waals surface area contributed by atoms with Crippen molar-refractivity contribution in [1.29, 1.82) is 0 Å². The maximum absolute atomic E-state index is 10.6. The molecule has 0 aliphatic carbocycles. The second kappa shape index (κ2) is 5.53. The van der Waals surface area contributed by atoms with Crippen molar-refractivity contribution < 1.29 is 9.90 Å². The monoisotopic (exact) mass is 245 g/mol. The molecule has 1 heterocycles. The van der Waals surface area contributed by atoms with Crippen LogP contribution in [0, 0.1) is 0 Å². The second-order valence-electron chi connectivity index (χ2n) is 2.72. The Morgan fingerprint density at radius 1 is 1.20 bits per heavy atom. The molecule has 0 amide bonds. The summed E-state index contributed by atoms with van der Waals surface area (Å²) in [5.74, 6) is -0.946. The van der Waals surface area contributed by atoms with Gasteiger partial charge in [-0.15, -0.1) is 24.8 Å². The van der Waals surface area contributed by atoms with Gasteiger partial charge in [-0.2, -0.15) is 0 Å². The largest absolute Gasteiger partial charge is 0.478 e. The zero-order chi connectivity index (χ0) is 9.26. The molecule has 0 bridgehead atoms. The van der Waals surface area contributed by atoms with Gasteiger partial charge < -0.3 is 5.11 Å². The molecular formula is C10H9Cl2NO2. The summed E-state index contributed by atoms with van der Waals surface area (Å²) >= 11 is 0. The highest BCUT2D eigenvalue weighted by Crippen LogP contribution is 2.12. The zero-order valence-electron chi connectivity index (χ0n) is 7.58. The summed E-state index contributed by atoms with van der Waals surface area (Å²) < 4.78 is 0. The van der Waals surface area contributed by atoms with Crippen LogP contribution in [0.15, 0.2) is 36.5 Å². The summed E-state index contributed by atoms with van der Waals surface area (Å²) in [4.78, 5) is 14.6. The molecular weight excluding hydrogens is 237 g/mol. The van der Waals surface area contributed by atoms with E-state index >= 15 is 0 Å². The Labute approximate surface area is 99.0 Å². The van der Waals surface area contributed by atoms with Crippen molar-refractivity contribution in [3.8, 4) is 0 Å². The van der Waals surface area contributed by atoms with Crippen molar-refractivity contribution in [2.45, 2.75) is 0 Å². The molecule has 0 radical (unpaired) electrons. The van der Waals surface area contributed by atoms with Crippen LogP contribution in [0.2, 0.25) is 0 Å². The second-order valence-corrected chi connectivity index (χ2v) is 2.72. The molecule has 0 fully saturated rings. The lowest BCUT2D eigenvalue weighted by atomic mass is 10.2. The first-order valence-corrected chi connectivity index (χ1v) is 3.85. The Morgan fingerprint density at radius 2 is 1.87 bits per heavy atom. The fraction of sp³-hybridized carbons (Fsp3) is 0. The minimum absolute atomic E-state index is 0. The molecule has 0 aliphatic rings. The van der Waals surface area contributed by atoms with E-state index in [1.54, 1.807) is 6.07 Å². The number of carboxylic acid groups (broad SMARTS) is 1. The predicted molar refractivity (Wildman–Crippen MR) is 63.2 cm³/mol. The number of carbonyl (C=O) groups is 1. The molecule has 0 aliphatic heterocycles. The molecule has 0 saturated carbocycles. The van der Waals surface area contributed by atoms with Gasteiger partial charge in [-0.1, -0.05) is 18.2 Å². The molecule has 0 saturated heterocycles. The Kier molecular flexibility index (Phi) is 5.05. The van der Waals surface area contributed by atoms with E-state index in [0.717, 1.165) is 10.9 Å². The van der Waals surface area contributed by atoms with E-state index in [2.05, 4.69) is 4.98 Å². The molecule has 1 N–H and O–H groups in total. The number of para-hydroxylation sites is 1. The van der Waals surface area contributed by atoms with Gasteiger partial charge in [-0.3, -0.25) is 4.98 Å². The van der Waals surface area contributed by atoms with Gasteiger partial charge in [0.05, 0.1) is 11.1 Å². The molecule has 1 aromatic carbocycles. The van der Waals surface area contributed by atoms with Crippen molar-refractivity contribution >= 4 is 41.7 Å². The van der Waals surface area contributed by atoms with E-state index in [0.29, 0.717) is 0 Å². The molecule has 15 heavy (non-hydrogen) atoms. The number of rotatable bonds is 1. The third kappa shape index (κ3) is 2.81. The summed E-state index contributed by atoms with van der Waals surface area (Å²) in [6, 6.07) is 9.03. The van der Waals surface area contributed by atoms with Crippen molar-refractivity contribution in [2.75, 3.05) is 0 Å². The van der Waals surface area contributed by atoms with Gasteiger partial charge in [-0.25, -0.2) is 4.79 Å². The van der Waals surface area contributed by atoms with E-state index in [1.165, 1.54) is 6.20 Å². The standard InChI is InChI=1S/C10H7NO2.2ClH/c12-10(13)8-5-7-3-1-2-4-9(7)11-6-8;;/h1-6H,(H,12,13);2*1H. The molecule has 0 atom stereocenters. The Hall–Kier alpha value is -1.32. The molecule has 2 rings (SSSR count). The topological polar surface area (TPSA) is 50.2 Å². The third-order valence-electron chi connectivity index (χ3n) is 1.84. The molecule has 5 heteroatoms. The average molecular weight is 246 g/mol. The maximum Gasteiger partial charge on any atom is 0.337 e. The highest BCUT2D eigenvalue weighted by atomic mass is 35.5. The van der Waals surface area contributed by atoms with E-state index in [9.17, 15) is 4.79 Å². The quantitative estimate of drug-likeness (QED) is 0.841. The van der Waals surface area contributed by atoms with Crippen LogP contribution in [0.5, 0.6) is 0 Å². The maximum atomic E-state index is 10.6. The number of fused-ring (bicyclic) bond motifs is 1. The lowest BCUT2D eigenvalue weighted by Crippen LogP contribution is -1.96. The summed E-state index contributed by atoms with van der Waals surface area (Å²) in [5, 5.41) is 9.55. The minimum atomic E-state index is -0.946. The number of aromatic carboxylic acids is 1. The van der Waals surface area contributed by atoms with Crippen molar-refractivity contribution in [3.63, 3.8) is 0 Å². The van der Waals surface area contributed by atoms with Crippen LogP contribution in [0.1, 0.15) is 10.4 Å². The zero-order valence-corrected chi connectivity index (χ0v) is 9.22. The number of carboxylic acids is 1. The van der Waals surface area contributed by atoms with E-state index < -0.39 is 5.97 Å². The number of hydrogen-bond acceptors (Lipinski definition) is 2. The molecule has 1 aromatic heterocycles. The summed E-state index contributed by atoms with van der Waals surface area (Å²) in [6.07, 6.45) is 1.37. The average Bonchev–Trinajstić information content (AvgIpc) is 2.17. The highest BCUT2D eigenvalue weighted by Gasteiger charge is 2.03. The lowest BCUT2D eigenvalue weighted by molar-refractivity contribution is 0.0696. The summed E-state index contributed by atoms with van der Waals surface area (Å²) in [5.41, 5.74) is 1.03. The van der Waals surface area contributed by atoms with Gasteiger partial charge >= 0.3 is 5.97 Å². The predicted octanol–water partition coefficient (Wildman–Crippen LogP) is 2.78. The molecule has 0 spiro atoms. The Bertz CT molecular complexity index is 474. The number of halogens is 2. The van der Waals surface area contributed by atoms with Crippen LogP contribution in [-0.2, 0) is 0 Å². The van der Waals surface area contributed by atoms with E-state index in [4.69, 9.17) is 5.11 Å². The number of benzene rings is 1. The van der Waals surface area contributed by atoms with Gasteiger partial charge in [0.1, 0.15) is 0 Å². The normalized spacial score (nSPS) is 8.80. The van der Waals surface area contributed by atoms with Gasteiger partial charge in [0.25, 0.3) is 0 Å².